The fourth-order valence-electron chi connectivity index (χ4n) is 2.02. The highest BCUT2D eigenvalue weighted by atomic mass is 79.9. The van der Waals surface area contributed by atoms with Crippen molar-refractivity contribution in [2.24, 2.45) is 0 Å². The number of carbonyl (C=O) groups is 1. The molecule has 1 amide bonds. The summed E-state index contributed by atoms with van der Waals surface area (Å²) in [6.07, 6.45) is 0.418. The predicted octanol–water partition coefficient (Wildman–Crippen LogP) is 3.68. The van der Waals surface area contributed by atoms with Gasteiger partial charge in [-0.05, 0) is 35.9 Å². The van der Waals surface area contributed by atoms with E-state index in [2.05, 4.69) is 21.2 Å². The summed E-state index contributed by atoms with van der Waals surface area (Å²) >= 11 is 5.04. The van der Waals surface area contributed by atoms with Crippen LogP contribution in [-0.4, -0.2) is 5.91 Å². The number of nitrogens with two attached hydrogens (primary N) is 1. The van der Waals surface area contributed by atoms with E-state index in [0.717, 1.165) is 25.5 Å². The average molecular weight is 335 g/mol. The number of benzene rings is 2. The van der Waals surface area contributed by atoms with Crippen LogP contribution in [0.15, 0.2) is 50.7 Å². The number of carbonyl (C=O) groups excluding carboxylic acids is 1. The van der Waals surface area contributed by atoms with Crippen molar-refractivity contribution in [1.82, 2.24) is 0 Å². The molecular weight excluding hydrogens is 324 g/mol. The van der Waals surface area contributed by atoms with Crippen LogP contribution in [0.1, 0.15) is 5.56 Å². The molecule has 2 aromatic rings. The van der Waals surface area contributed by atoms with E-state index in [1.54, 1.807) is 11.8 Å². The first-order valence-electron chi connectivity index (χ1n) is 5.77. The van der Waals surface area contributed by atoms with Crippen LogP contribution in [0, 0.1) is 0 Å². The Morgan fingerprint density at radius 1 is 1.26 bits per heavy atom. The van der Waals surface area contributed by atoms with Crippen molar-refractivity contribution in [2.75, 3.05) is 11.1 Å². The molecule has 1 aliphatic rings. The molecule has 0 bridgehead atoms. The minimum absolute atomic E-state index is 0.0269. The molecule has 3 N–H and O–H groups in total. The zero-order chi connectivity index (χ0) is 13.4. The monoisotopic (exact) mass is 334 g/mol. The highest BCUT2D eigenvalue weighted by Gasteiger charge is 2.19. The third kappa shape index (κ3) is 2.62. The number of rotatable bonds is 2. The van der Waals surface area contributed by atoms with E-state index in [-0.39, 0.29) is 5.91 Å². The topological polar surface area (TPSA) is 55.1 Å². The number of anilines is 2. The molecule has 0 spiro atoms. The Morgan fingerprint density at radius 2 is 2.11 bits per heavy atom. The average Bonchev–Trinajstić information content (AvgIpc) is 2.69. The lowest BCUT2D eigenvalue weighted by Gasteiger charge is -2.08. The van der Waals surface area contributed by atoms with Crippen LogP contribution in [0.25, 0.3) is 0 Å². The number of fused-ring (bicyclic) bond motifs is 1. The normalized spacial score (nSPS) is 13.2. The van der Waals surface area contributed by atoms with Gasteiger partial charge >= 0.3 is 0 Å². The summed E-state index contributed by atoms with van der Waals surface area (Å²) in [7, 11) is 0. The molecule has 0 saturated carbocycles. The highest BCUT2D eigenvalue weighted by molar-refractivity contribution is 9.10. The number of hydrogen-bond donors (Lipinski definition) is 2. The van der Waals surface area contributed by atoms with Gasteiger partial charge in [-0.15, -0.1) is 0 Å². The van der Waals surface area contributed by atoms with Crippen molar-refractivity contribution in [1.29, 1.82) is 0 Å². The Hall–Kier alpha value is -1.46. The molecule has 0 aliphatic carbocycles. The fourth-order valence-corrected chi connectivity index (χ4v) is 3.51. The number of nitrogen functional groups attached to an aromatic ring is 1. The van der Waals surface area contributed by atoms with Gasteiger partial charge in [0.25, 0.3) is 0 Å². The van der Waals surface area contributed by atoms with Gasteiger partial charge in [0.15, 0.2) is 0 Å². The van der Waals surface area contributed by atoms with Gasteiger partial charge in [0.05, 0.1) is 6.42 Å². The largest absolute Gasteiger partial charge is 0.398 e. The lowest BCUT2D eigenvalue weighted by Crippen LogP contribution is -2.03. The summed E-state index contributed by atoms with van der Waals surface area (Å²) in [4.78, 5) is 13.4. The Kier molecular flexibility index (Phi) is 3.24. The first-order valence-corrected chi connectivity index (χ1v) is 7.38. The number of hydrogen-bond acceptors (Lipinski definition) is 3. The van der Waals surface area contributed by atoms with Gasteiger partial charge in [0.2, 0.25) is 5.91 Å². The van der Waals surface area contributed by atoms with Crippen molar-refractivity contribution in [3.8, 4) is 0 Å². The third-order valence-corrected chi connectivity index (χ3v) is 4.44. The molecule has 3 rings (SSSR count). The molecule has 0 radical (unpaired) electrons. The molecule has 0 fully saturated rings. The standard InChI is InChI=1S/C14H11BrN2OS/c15-9-2-1-3-10(6-9)19-13-7-12-8(4-11(13)16)5-14(18)17-12/h1-4,6-7H,5,16H2,(H,17,18). The summed E-state index contributed by atoms with van der Waals surface area (Å²) in [5.74, 6) is 0.0269. The second-order valence-electron chi connectivity index (χ2n) is 4.33. The summed E-state index contributed by atoms with van der Waals surface area (Å²) in [6.45, 7) is 0. The molecule has 19 heavy (non-hydrogen) atoms. The molecule has 1 aliphatic heterocycles. The maximum Gasteiger partial charge on any atom is 0.228 e. The van der Waals surface area contributed by atoms with Crippen molar-refractivity contribution in [2.45, 2.75) is 16.2 Å². The van der Waals surface area contributed by atoms with Crippen molar-refractivity contribution in [3.63, 3.8) is 0 Å². The summed E-state index contributed by atoms with van der Waals surface area (Å²) in [6, 6.07) is 11.9. The van der Waals surface area contributed by atoms with E-state index in [1.807, 2.05) is 36.4 Å². The quantitative estimate of drug-likeness (QED) is 0.823. The molecule has 2 aromatic carbocycles. The number of nitrogens with one attached hydrogen (secondary N) is 1. The molecule has 0 unspecified atom stereocenters. The van der Waals surface area contributed by atoms with Gasteiger partial charge < -0.3 is 11.1 Å². The fraction of sp³-hybridized carbons (Fsp3) is 0.0714. The van der Waals surface area contributed by atoms with E-state index < -0.39 is 0 Å². The minimum Gasteiger partial charge on any atom is -0.398 e. The van der Waals surface area contributed by atoms with Crippen LogP contribution in [0.3, 0.4) is 0 Å². The lowest BCUT2D eigenvalue weighted by molar-refractivity contribution is -0.115. The molecule has 0 saturated heterocycles. The second kappa shape index (κ2) is 4.90. The van der Waals surface area contributed by atoms with Crippen LogP contribution in [0.2, 0.25) is 0 Å². The van der Waals surface area contributed by atoms with Gasteiger partial charge in [0.1, 0.15) is 0 Å². The van der Waals surface area contributed by atoms with Crippen LogP contribution in [0.4, 0.5) is 11.4 Å². The summed E-state index contributed by atoms with van der Waals surface area (Å²) < 4.78 is 1.03. The smallest absolute Gasteiger partial charge is 0.228 e. The molecule has 96 valence electrons. The molecular formula is C14H11BrN2OS. The SMILES string of the molecule is Nc1cc2c(cc1Sc1cccc(Br)c1)NC(=O)C2. The van der Waals surface area contributed by atoms with Gasteiger partial charge in [-0.1, -0.05) is 33.8 Å². The molecule has 0 atom stereocenters. The van der Waals surface area contributed by atoms with Crippen LogP contribution >= 0.6 is 27.7 Å². The summed E-state index contributed by atoms with van der Waals surface area (Å²) in [5.41, 5.74) is 8.61. The van der Waals surface area contributed by atoms with E-state index >= 15 is 0 Å². The molecule has 1 heterocycles. The van der Waals surface area contributed by atoms with E-state index in [1.165, 1.54) is 0 Å². The maximum atomic E-state index is 11.4. The van der Waals surface area contributed by atoms with Gasteiger partial charge in [-0.25, -0.2) is 0 Å². The first kappa shape index (κ1) is 12.6. The second-order valence-corrected chi connectivity index (χ2v) is 6.36. The van der Waals surface area contributed by atoms with Crippen molar-refractivity contribution < 1.29 is 4.79 Å². The highest BCUT2D eigenvalue weighted by Crippen LogP contribution is 2.38. The Labute approximate surface area is 123 Å². The van der Waals surface area contributed by atoms with Crippen LogP contribution in [0.5, 0.6) is 0 Å². The van der Waals surface area contributed by atoms with E-state index in [0.29, 0.717) is 12.1 Å². The Morgan fingerprint density at radius 3 is 2.89 bits per heavy atom. The zero-order valence-corrected chi connectivity index (χ0v) is 12.3. The zero-order valence-electron chi connectivity index (χ0n) is 9.94. The molecule has 5 heteroatoms. The molecule has 3 nitrogen and oxygen atoms in total. The third-order valence-electron chi connectivity index (χ3n) is 2.88. The van der Waals surface area contributed by atoms with E-state index in [9.17, 15) is 4.79 Å². The molecule has 0 aromatic heterocycles. The minimum atomic E-state index is 0.0269. The Bertz CT molecular complexity index is 672. The lowest BCUT2D eigenvalue weighted by atomic mass is 10.1. The maximum absolute atomic E-state index is 11.4. The predicted molar refractivity (Wildman–Crippen MR) is 81.5 cm³/mol. The summed E-state index contributed by atoms with van der Waals surface area (Å²) in [5, 5.41) is 2.85. The number of amides is 1. The number of halogens is 1. The van der Waals surface area contributed by atoms with Gasteiger partial charge in [-0.3, -0.25) is 4.79 Å². The van der Waals surface area contributed by atoms with Crippen molar-refractivity contribution in [3.05, 3.63) is 46.4 Å². The van der Waals surface area contributed by atoms with Gasteiger partial charge in [0, 0.05) is 25.6 Å². The first-order chi connectivity index (χ1) is 9.11. The van der Waals surface area contributed by atoms with Crippen LogP contribution in [-0.2, 0) is 11.2 Å². The Balaban J connectivity index is 1.94. The van der Waals surface area contributed by atoms with Crippen LogP contribution < -0.4 is 11.1 Å². The van der Waals surface area contributed by atoms with Gasteiger partial charge in [-0.2, -0.15) is 0 Å². The van der Waals surface area contributed by atoms with Crippen molar-refractivity contribution >= 4 is 45.0 Å². The van der Waals surface area contributed by atoms with E-state index in [4.69, 9.17) is 5.73 Å².